The van der Waals surface area contributed by atoms with Gasteiger partial charge in [-0.2, -0.15) is 0 Å². The Labute approximate surface area is 165 Å². The standard InChI is InChI=1S/C17H25N5O2.HI/c1-12-5-4-6-14(9-12)13(2)10-20-16(18-3)19-7-8-22-15(23)11-21-17(22)24;/h4-6,9,13H,7-8,10-11H2,1-3H3,(H,21,24)(H2,18,19,20);1H. The van der Waals surface area contributed by atoms with Gasteiger partial charge in [-0.3, -0.25) is 14.7 Å². The van der Waals surface area contributed by atoms with Crippen molar-refractivity contribution in [3.8, 4) is 0 Å². The third-order valence-corrected chi connectivity index (χ3v) is 3.98. The van der Waals surface area contributed by atoms with E-state index in [1.807, 2.05) is 0 Å². The Morgan fingerprint density at radius 3 is 2.72 bits per heavy atom. The maximum atomic E-state index is 11.5. The summed E-state index contributed by atoms with van der Waals surface area (Å²) in [6, 6.07) is 8.11. The number of hydrogen-bond donors (Lipinski definition) is 3. The van der Waals surface area contributed by atoms with Gasteiger partial charge in [-0.15, -0.1) is 24.0 Å². The topological polar surface area (TPSA) is 85.8 Å². The minimum atomic E-state index is -0.335. The van der Waals surface area contributed by atoms with Crippen LogP contribution in [-0.2, 0) is 4.79 Å². The van der Waals surface area contributed by atoms with Gasteiger partial charge in [-0.05, 0) is 18.4 Å². The first kappa shape index (κ1) is 21.2. The fourth-order valence-electron chi connectivity index (χ4n) is 2.53. The van der Waals surface area contributed by atoms with Gasteiger partial charge in [-0.25, -0.2) is 4.79 Å². The summed E-state index contributed by atoms with van der Waals surface area (Å²) in [5, 5.41) is 8.89. The minimum absolute atomic E-state index is 0. The van der Waals surface area contributed by atoms with Crippen LogP contribution in [0.1, 0.15) is 24.0 Å². The maximum absolute atomic E-state index is 11.5. The summed E-state index contributed by atoms with van der Waals surface area (Å²) >= 11 is 0. The molecule has 25 heavy (non-hydrogen) atoms. The van der Waals surface area contributed by atoms with Gasteiger partial charge in [0.25, 0.3) is 0 Å². The number of rotatable bonds is 6. The number of aliphatic imine (C=N–C) groups is 1. The summed E-state index contributed by atoms with van der Waals surface area (Å²) in [6.45, 7) is 5.84. The lowest BCUT2D eigenvalue weighted by atomic mass is 9.99. The number of guanidine groups is 1. The molecule has 7 nitrogen and oxygen atoms in total. The second kappa shape index (κ2) is 10.2. The molecule has 1 atom stereocenters. The van der Waals surface area contributed by atoms with E-state index in [-0.39, 0.29) is 42.5 Å². The lowest BCUT2D eigenvalue weighted by Crippen LogP contribution is -2.44. The van der Waals surface area contributed by atoms with E-state index in [0.717, 1.165) is 6.54 Å². The predicted octanol–water partition coefficient (Wildman–Crippen LogP) is 1.43. The molecule has 1 fully saturated rings. The number of halogens is 1. The van der Waals surface area contributed by atoms with E-state index in [2.05, 4.69) is 59.1 Å². The summed E-state index contributed by atoms with van der Waals surface area (Å²) in [4.78, 5) is 28.3. The fourth-order valence-corrected chi connectivity index (χ4v) is 2.53. The summed E-state index contributed by atoms with van der Waals surface area (Å²) in [5.74, 6) is 0.800. The maximum Gasteiger partial charge on any atom is 0.324 e. The van der Waals surface area contributed by atoms with Gasteiger partial charge >= 0.3 is 6.03 Å². The van der Waals surface area contributed by atoms with Gasteiger partial charge in [0.1, 0.15) is 0 Å². The highest BCUT2D eigenvalue weighted by Gasteiger charge is 2.27. The molecule has 2 rings (SSSR count). The second-order valence-corrected chi connectivity index (χ2v) is 5.90. The van der Waals surface area contributed by atoms with Crippen LogP contribution in [0.2, 0.25) is 0 Å². The molecule has 1 saturated heterocycles. The largest absolute Gasteiger partial charge is 0.356 e. The number of nitrogens with zero attached hydrogens (tertiary/aromatic N) is 2. The molecule has 0 spiro atoms. The van der Waals surface area contributed by atoms with Crippen LogP contribution >= 0.6 is 24.0 Å². The van der Waals surface area contributed by atoms with Crippen molar-refractivity contribution in [1.82, 2.24) is 20.9 Å². The van der Waals surface area contributed by atoms with Gasteiger partial charge in [0, 0.05) is 26.7 Å². The fraction of sp³-hybridized carbons (Fsp3) is 0.471. The average Bonchev–Trinajstić information content (AvgIpc) is 2.89. The SMILES string of the molecule is CN=C(NCCN1C(=O)CNC1=O)NCC(C)c1cccc(C)c1.I. The van der Waals surface area contributed by atoms with Crippen LogP contribution in [0.4, 0.5) is 4.79 Å². The van der Waals surface area contributed by atoms with Crippen molar-refractivity contribution in [2.24, 2.45) is 4.99 Å². The first-order chi connectivity index (χ1) is 11.5. The van der Waals surface area contributed by atoms with Crippen LogP contribution in [-0.4, -0.2) is 56.0 Å². The minimum Gasteiger partial charge on any atom is -0.356 e. The molecule has 1 aliphatic heterocycles. The first-order valence-electron chi connectivity index (χ1n) is 8.10. The molecule has 0 bridgehead atoms. The molecule has 1 aromatic rings. The number of aryl methyl sites for hydroxylation is 1. The molecule has 0 aliphatic carbocycles. The monoisotopic (exact) mass is 459 g/mol. The number of amides is 3. The Bertz CT molecular complexity index is 619. The molecule has 1 heterocycles. The number of benzene rings is 1. The number of urea groups is 1. The van der Waals surface area contributed by atoms with E-state index < -0.39 is 0 Å². The van der Waals surface area contributed by atoms with E-state index in [0.29, 0.717) is 25.0 Å². The lowest BCUT2D eigenvalue weighted by molar-refractivity contribution is -0.124. The van der Waals surface area contributed by atoms with Crippen molar-refractivity contribution in [3.05, 3.63) is 35.4 Å². The Kier molecular flexibility index (Phi) is 8.67. The quantitative estimate of drug-likeness (QED) is 0.260. The van der Waals surface area contributed by atoms with Gasteiger partial charge in [0.2, 0.25) is 5.91 Å². The van der Waals surface area contributed by atoms with E-state index in [4.69, 9.17) is 0 Å². The van der Waals surface area contributed by atoms with Crippen molar-refractivity contribution in [3.63, 3.8) is 0 Å². The van der Waals surface area contributed by atoms with Crippen LogP contribution in [0.15, 0.2) is 29.3 Å². The molecular formula is C17H26IN5O2. The Balaban J connectivity index is 0.00000312. The van der Waals surface area contributed by atoms with Gasteiger partial charge in [0.15, 0.2) is 5.96 Å². The van der Waals surface area contributed by atoms with Gasteiger partial charge < -0.3 is 16.0 Å². The van der Waals surface area contributed by atoms with Crippen molar-refractivity contribution < 1.29 is 9.59 Å². The highest BCUT2D eigenvalue weighted by molar-refractivity contribution is 14.0. The second-order valence-electron chi connectivity index (χ2n) is 5.90. The highest BCUT2D eigenvalue weighted by Crippen LogP contribution is 2.15. The number of carbonyl (C=O) groups excluding carboxylic acids is 2. The van der Waals surface area contributed by atoms with Crippen molar-refractivity contribution in [2.75, 3.05) is 33.2 Å². The third-order valence-electron chi connectivity index (χ3n) is 3.98. The van der Waals surface area contributed by atoms with Crippen molar-refractivity contribution >= 4 is 41.9 Å². The van der Waals surface area contributed by atoms with Gasteiger partial charge in [-0.1, -0.05) is 36.8 Å². The molecule has 1 aromatic carbocycles. The summed E-state index contributed by atoms with van der Waals surface area (Å²) in [7, 11) is 1.69. The normalized spacial score (nSPS) is 15.5. The highest BCUT2D eigenvalue weighted by atomic mass is 127. The van der Waals surface area contributed by atoms with E-state index >= 15 is 0 Å². The zero-order chi connectivity index (χ0) is 17.5. The van der Waals surface area contributed by atoms with Gasteiger partial charge in [0.05, 0.1) is 6.54 Å². The molecule has 1 unspecified atom stereocenters. The predicted molar refractivity (Wildman–Crippen MR) is 109 cm³/mol. The zero-order valence-corrected chi connectivity index (χ0v) is 17.2. The molecule has 0 aromatic heterocycles. The lowest BCUT2D eigenvalue weighted by Gasteiger charge is -2.18. The number of imide groups is 1. The number of hydrogen-bond acceptors (Lipinski definition) is 3. The van der Waals surface area contributed by atoms with Crippen LogP contribution in [0.5, 0.6) is 0 Å². The molecule has 8 heteroatoms. The summed E-state index contributed by atoms with van der Waals surface area (Å²) in [5.41, 5.74) is 2.52. The van der Waals surface area contributed by atoms with Crippen LogP contribution in [0, 0.1) is 6.92 Å². The van der Waals surface area contributed by atoms with E-state index in [1.54, 1.807) is 7.05 Å². The number of carbonyl (C=O) groups is 2. The molecule has 138 valence electrons. The van der Waals surface area contributed by atoms with Crippen molar-refractivity contribution in [1.29, 1.82) is 0 Å². The van der Waals surface area contributed by atoms with Crippen molar-refractivity contribution in [2.45, 2.75) is 19.8 Å². The molecule has 3 N–H and O–H groups in total. The molecule has 0 radical (unpaired) electrons. The number of nitrogens with one attached hydrogen (secondary N) is 3. The van der Waals surface area contributed by atoms with Crippen LogP contribution in [0.25, 0.3) is 0 Å². The average molecular weight is 459 g/mol. The Hall–Kier alpha value is -1.84. The molecule has 1 aliphatic rings. The van der Waals surface area contributed by atoms with E-state index in [9.17, 15) is 9.59 Å². The Morgan fingerprint density at radius 2 is 2.12 bits per heavy atom. The molecule has 0 saturated carbocycles. The zero-order valence-electron chi connectivity index (χ0n) is 14.8. The summed E-state index contributed by atoms with van der Waals surface area (Å²) in [6.07, 6.45) is 0. The third kappa shape index (κ3) is 6.18. The smallest absolute Gasteiger partial charge is 0.324 e. The van der Waals surface area contributed by atoms with Crippen LogP contribution < -0.4 is 16.0 Å². The van der Waals surface area contributed by atoms with E-state index in [1.165, 1.54) is 16.0 Å². The Morgan fingerprint density at radius 1 is 1.36 bits per heavy atom. The summed E-state index contributed by atoms with van der Waals surface area (Å²) < 4.78 is 0. The molecule has 3 amide bonds. The van der Waals surface area contributed by atoms with Crippen LogP contribution in [0.3, 0.4) is 0 Å². The molecular weight excluding hydrogens is 433 g/mol. The first-order valence-corrected chi connectivity index (χ1v) is 8.10.